The molecule has 0 aliphatic carbocycles. The molecule has 0 bridgehead atoms. The van der Waals surface area contributed by atoms with E-state index < -0.39 is 0 Å². The molecule has 2 rings (SSSR count). The zero-order valence-corrected chi connectivity index (χ0v) is 12.1. The summed E-state index contributed by atoms with van der Waals surface area (Å²) < 4.78 is 5.78. The van der Waals surface area contributed by atoms with E-state index in [1.165, 1.54) is 16.7 Å². The van der Waals surface area contributed by atoms with Crippen LogP contribution in [-0.2, 0) is 6.61 Å². The van der Waals surface area contributed by atoms with Crippen LogP contribution in [0.2, 0.25) is 0 Å². The minimum absolute atomic E-state index is 0.554. The molecule has 104 valence electrons. The quantitative estimate of drug-likeness (QED) is 0.516. The maximum atomic E-state index is 8.72. The lowest BCUT2D eigenvalue weighted by atomic mass is 10.1. The van der Waals surface area contributed by atoms with Gasteiger partial charge in [-0.05, 0) is 61.7 Å². The minimum atomic E-state index is 0.554. The predicted molar refractivity (Wildman–Crippen MR) is 80.7 cm³/mol. The van der Waals surface area contributed by atoms with Gasteiger partial charge >= 0.3 is 0 Å². The van der Waals surface area contributed by atoms with Crippen LogP contribution in [0.25, 0.3) is 0 Å². The molecule has 1 N–H and O–H groups in total. The number of oxime groups is 1. The van der Waals surface area contributed by atoms with Gasteiger partial charge in [-0.3, -0.25) is 0 Å². The molecule has 0 saturated heterocycles. The molecule has 0 aromatic heterocycles. The minimum Gasteiger partial charge on any atom is -0.489 e. The van der Waals surface area contributed by atoms with Crippen molar-refractivity contribution in [2.45, 2.75) is 27.4 Å². The van der Waals surface area contributed by atoms with Gasteiger partial charge < -0.3 is 9.94 Å². The molecular formula is C17H19NO2. The molecule has 0 aliphatic heterocycles. The summed E-state index contributed by atoms with van der Waals surface area (Å²) in [6, 6.07) is 13.9. The van der Waals surface area contributed by atoms with Crippen LogP contribution in [0.1, 0.15) is 29.2 Å². The molecule has 0 saturated carbocycles. The molecule has 0 aliphatic rings. The van der Waals surface area contributed by atoms with Crippen LogP contribution in [0.4, 0.5) is 0 Å². The normalized spacial score (nSPS) is 11.4. The second-order valence-electron chi connectivity index (χ2n) is 4.93. The summed E-state index contributed by atoms with van der Waals surface area (Å²) in [6.45, 7) is 6.49. The van der Waals surface area contributed by atoms with Crippen LogP contribution < -0.4 is 4.74 Å². The second kappa shape index (κ2) is 6.24. The van der Waals surface area contributed by atoms with E-state index in [4.69, 9.17) is 9.94 Å². The Morgan fingerprint density at radius 3 is 2.40 bits per heavy atom. The van der Waals surface area contributed by atoms with Crippen molar-refractivity contribution in [2.24, 2.45) is 5.16 Å². The van der Waals surface area contributed by atoms with Crippen molar-refractivity contribution < 1.29 is 9.94 Å². The maximum absolute atomic E-state index is 8.72. The first-order valence-electron chi connectivity index (χ1n) is 6.58. The molecule has 0 heterocycles. The van der Waals surface area contributed by atoms with Crippen molar-refractivity contribution in [3.63, 3.8) is 0 Å². The third-order valence-electron chi connectivity index (χ3n) is 3.31. The molecule has 3 heteroatoms. The number of hydrogen-bond acceptors (Lipinski definition) is 3. The summed E-state index contributed by atoms with van der Waals surface area (Å²) in [5, 5.41) is 11.9. The largest absolute Gasteiger partial charge is 0.489 e. The number of hydrogen-bond donors (Lipinski definition) is 1. The van der Waals surface area contributed by atoms with Gasteiger partial charge in [-0.1, -0.05) is 28.9 Å². The maximum Gasteiger partial charge on any atom is 0.119 e. The first-order valence-corrected chi connectivity index (χ1v) is 6.58. The molecule has 20 heavy (non-hydrogen) atoms. The standard InChI is InChI=1S/C17H19NO2/c1-12-4-5-16(13(2)10-12)11-20-17-8-6-15(7-9-17)14(3)18-19/h4-10,19H,11H2,1-3H3/b18-14+. The van der Waals surface area contributed by atoms with E-state index in [0.29, 0.717) is 12.3 Å². The van der Waals surface area contributed by atoms with Crippen molar-refractivity contribution in [3.8, 4) is 5.75 Å². The van der Waals surface area contributed by atoms with Crippen LogP contribution in [0.15, 0.2) is 47.6 Å². The van der Waals surface area contributed by atoms with E-state index in [-0.39, 0.29) is 0 Å². The number of benzene rings is 2. The Balaban J connectivity index is 2.04. The molecule has 0 radical (unpaired) electrons. The first-order chi connectivity index (χ1) is 9.60. The van der Waals surface area contributed by atoms with Gasteiger partial charge in [0, 0.05) is 0 Å². The van der Waals surface area contributed by atoms with Crippen molar-refractivity contribution in [2.75, 3.05) is 0 Å². The Kier molecular flexibility index (Phi) is 4.41. The van der Waals surface area contributed by atoms with Gasteiger partial charge in [-0.15, -0.1) is 0 Å². The van der Waals surface area contributed by atoms with E-state index in [1.54, 1.807) is 6.92 Å². The van der Waals surface area contributed by atoms with Crippen molar-refractivity contribution >= 4 is 5.71 Å². The zero-order valence-electron chi connectivity index (χ0n) is 12.1. The lowest BCUT2D eigenvalue weighted by molar-refractivity contribution is 0.305. The molecule has 0 spiro atoms. The molecule has 0 atom stereocenters. The van der Waals surface area contributed by atoms with E-state index >= 15 is 0 Å². The van der Waals surface area contributed by atoms with Gasteiger partial charge in [0.1, 0.15) is 12.4 Å². The third-order valence-corrected chi connectivity index (χ3v) is 3.31. The summed E-state index contributed by atoms with van der Waals surface area (Å²) in [5.74, 6) is 0.805. The fourth-order valence-electron chi connectivity index (χ4n) is 2.02. The van der Waals surface area contributed by atoms with E-state index in [0.717, 1.165) is 11.3 Å². The average molecular weight is 269 g/mol. The van der Waals surface area contributed by atoms with E-state index in [9.17, 15) is 0 Å². The van der Waals surface area contributed by atoms with Crippen LogP contribution in [-0.4, -0.2) is 10.9 Å². The Labute approximate surface area is 119 Å². The molecule has 2 aromatic carbocycles. The molecule has 3 nitrogen and oxygen atoms in total. The lowest BCUT2D eigenvalue weighted by Gasteiger charge is -2.10. The molecule has 2 aromatic rings. The van der Waals surface area contributed by atoms with Gasteiger partial charge in [0.25, 0.3) is 0 Å². The molecular weight excluding hydrogens is 250 g/mol. The highest BCUT2D eigenvalue weighted by Crippen LogP contribution is 2.17. The Bertz CT molecular complexity index is 615. The van der Waals surface area contributed by atoms with Crippen LogP contribution in [0.5, 0.6) is 5.75 Å². The first kappa shape index (κ1) is 14.1. The van der Waals surface area contributed by atoms with E-state index in [1.807, 2.05) is 24.3 Å². The van der Waals surface area contributed by atoms with Gasteiger partial charge in [-0.25, -0.2) is 0 Å². The van der Waals surface area contributed by atoms with Gasteiger partial charge in [-0.2, -0.15) is 0 Å². The average Bonchev–Trinajstić information content (AvgIpc) is 2.46. The highest BCUT2D eigenvalue weighted by atomic mass is 16.5. The zero-order chi connectivity index (χ0) is 14.5. The fourth-order valence-corrected chi connectivity index (χ4v) is 2.02. The molecule has 0 amide bonds. The van der Waals surface area contributed by atoms with Crippen molar-refractivity contribution in [1.82, 2.24) is 0 Å². The summed E-state index contributed by atoms with van der Waals surface area (Å²) >= 11 is 0. The number of nitrogens with zero attached hydrogens (tertiary/aromatic N) is 1. The summed E-state index contributed by atoms with van der Waals surface area (Å²) in [7, 11) is 0. The topological polar surface area (TPSA) is 41.8 Å². The van der Waals surface area contributed by atoms with Crippen LogP contribution in [0.3, 0.4) is 0 Å². The van der Waals surface area contributed by atoms with Crippen LogP contribution >= 0.6 is 0 Å². The van der Waals surface area contributed by atoms with Gasteiger partial charge in [0.05, 0.1) is 5.71 Å². The predicted octanol–water partition coefficient (Wildman–Crippen LogP) is 4.08. The summed E-state index contributed by atoms with van der Waals surface area (Å²) in [6.07, 6.45) is 0. The van der Waals surface area contributed by atoms with Crippen LogP contribution in [0, 0.1) is 13.8 Å². The number of ether oxygens (including phenoxy) is 1. The number of rotatable bonds is 4. The summed E-state index contributed by atoms with van der Waals surface area (Å²) in [5.41, 5.74) is 5.16. The lowest BCUT2D eigenvalue weighted by Crippen LogP contribution is -1.99. The Morgan fingerprint density at radius 2 is 1.80 bits per heavy atom. The third kappa shape index (κ3) is 3.38. The van der Waals surface area contributed by atoms with Crippen molar-refractivity contribution in [1.29, 1.82) is 0 Å². The fraction of sp³-hybridized carbons (Fsp3) is 0.235. The van der Waals surface area contributed by atoms with Crippen molar-refractivity contribution in [3.05, 3.63) is 64.7 Å². The van der Waals surface area contributed by atoms with Gasteiger partial charge in [0.2, 0.25) is 0 Å². The number of aryl methyl sites for hydroxylation is 2. The molecule has 0 fully saturated rings. The Hall–Kier alpha value is -2.29. The second-order valence-corrected chi connectivity index (χ2v) is 4.93. The van der Waals surface area contributed by atoms with Gasteiger partial charge in [0.15, 0.2) is 0 Å². The Morgan fingerprint density at radius 1 is 1.10 bits per heavy atom. The highest BCUT2D eigenvalue weighted by molar-refractivity contribution is 5.98. The highest BCUT2D eigenvalue weighted by Gasteiger charge is 2.02. The molecule has 0 unspecified atom stereocenters. The summed E-state index contributed by atoms with van der Waals surface area (Å²) in [4.78, 5) is 0. The van der Waals surface area contributed by atoms with E-state index in [2.05, 4.69) is 37.2 Å². The SMILES string of the molecule is C/C(=N\O)c1ccc(OCc2ccc(C)cc2C)cc1. The smallest absolute Gasteiger partial charge is 0.119 e. The monoisotopic (exact) mass is 269 g/mol.